The molecule has 0 amide bonds. The van der Waals surface area contributed by atoms with Gasteiger partial charge in [0.25, 0.3) is 0 Å². The van der Waals surface area contributed by atoms with Crippen molar-refractivity contribution in [2.24, 2.45) is 11.8 Å². The Morgan fingerprint density at radius 1 is 1.03 bits per heavy atom. The lowest BCUT2D eigenvalue weighted by molar-refractivity contribution is -0.149. The molecule has 0 saturated heterocycles. The molecule has 2 aliphatic rings. The number of halogens is 1. The number of hydrogen-bond donors (Lipinski definition) is 0. The smallest absolute Gasteiger partial charge is 0.308 e. The van der Waals surface area contributed by atoms with Crippen LogP contribution in [0.3, 0.4) is 0 Å². The molecule has 4 rings (SSSR count). The number of carbonyl (C=O) groups is 1. The van der Waals surface area contributed by atoms with E-state index in [0.717, 1.165) is 18.4 Å². The number of nitrogens with zero attached hydrogens (tertiary/aromatic N) is 1. The van der Waals surface area contributed by atoms with Gasteiger partial charge in [-0.05, 0) is 68.4 Å². The second-order valence-corrected chi connectivity index (χ2v) is 11.1. The van der Waals surface area contributed by atoms with Gasteiger partial charge in [-0.1, -0.05) is 23.7 Å². The molecule has 2 aromatic rings. The molecule has 1 aliphatic carbocycles. The highest BCUT2D eigenvalue weighted by Crippen LogP contribution is 2.35. The van der Waals surface area contributed by atoms with E-state index in [1.807, 2.05) is 12.1 Å². The van der Waals surface area contributed by atoms with Crippen molar-refractivity contribution in [1.29, 1.82) is 0 Å². The molecule has 1 heterocycles. The highest BCUT2D eigenvalue weighted by Gasteiger charge is 2.32. The first-order chi connectivity index (χ1) is 16.4. The van der Waals surface area contributed by atoms with E-state index in [9.17, 15) is 13.2 Å². The topological polar surface area (TPSA) is 82.1 Å². The fraction of sp³-hybridized carbons (Fsp3) is 0.480. The minimum Gasteiger partial charge on any atom is -0.486 e. The van der Waals surface area contributed by atoms with Crippen LogP contribution in [0.15, 0.2) is 47.4 Å². The predicted octanol–water partition coefficient (Wildman–Crippen LogP) is 4.67. The van der Waals surface area contributed by atoms with Crippen molar-refractivity contribution in [3.63, 3.8) is 0 Å². The minimum absolute atomic E-state index is 0.102. The van der Waals surface area contributed by atoms with Gasteiger partial charge in [0.2, 0.25) is 10.0 Å². The van der Waals surface area contributed by atoms with Crippen molar-refractivity contribution in [3.05, 3.63) is 53.1 Å². The zero-order valence-corrected chi connectivity index (χ0v) is 20.8. The Kier molecular flexibility index (Phi) is 8.01. The van der Waals surface area contributed by atoms with Crippen LogP contribution < -0.4 is 9.47 Å². The number of ether oxygens (including phenoxy) is 3. The van der Waals surface area contributed by atoms with Crippen LogP contribution in [0.5, 0.6) is 11.5 Å². The van der Waals surface area contributed by atoms with Gasteiger partial charge in [-0.25, -0.2) is 8.42 Å². The van der Waals surface area contributed by atoms with Crippen molar-refractivity contribution in [1.82, 2.24) is 4.31 Å². The van der Waals surface area contributed by atoms with Gasteiger partial charge in [0.05, 0.1) is 17.4 Å². The zero-order valence-electron chi connectivity index (χ0n) is 19.2. The molecular formula is C25H30ClNO6S. The highest BCUT2D eigenvalue weighted by molar-refractivity contribution is 7.89. The van der Waals surface area contributed by atoms with Gasteiger partial charge in [0, 0.05) is 24.2 Å². The number of esters is 1. The van der Waals surface area contributed by atoms with E-state index in [1.165, 1.54) is 10.4 Å². The molecular weight excluding hydrogens is 478 g/mol. The maximum absolute atomic E-state index is 13.8. The van der Waals surface area contributed by atoms with Crippen molar-refractivity contribution in [2.45, 2.75) is 44.0 Å². The lowest BCUT2D eigenvalue weighted by atomic mass is 9.82. The van der Waals surface area contributed by atoms with Gasteiger partial charge in [-0.2, -0.15) is 4.31 Å². The van der Waals surface area contributed by atoms with Crippen LogP contribution in [0.4, 0.5) is 0 Å². The third kappa shape index (κ3) is 5.85. The van der Waals surface area contributed by atoms with E-state index < -0.39 is 10.0 Å². The second-order valence-electron chi connectivity index (χ2n) is 8.70. The van der Waals surface area contributed by atoms with Crippen LogP contribution in [0, 0.1) is 11.8 Å². The normalized spacial score (nSPS) is 20.2. The maximum Gasteiger partial charge on any atom is 0.308 e. The van der Waals surface area contributed by atoms with Crippen molar-refractivity contribution in [3.8, 4) is 11.5 Å². The molecule has 0 spiro atoms. The standard InChI is InChI=1S/C25H30ClNO6S/c1-2-31-25(28)20-7-3-18(4-8-20)16-27(17-19-5-9-21(26)10-6-19)34(29,30)22-11-12-23-24(15-22)33-14-13-32-23/h5-6,9-12,15,18,20H,2-4,7-8,13-14,16-17H2,1H3. The van der Waals surface area contributed by atoms with Crippen molar-refractivity contribution in [2.75, 3.05) is 26.4 Å². The largest absolute Gasteiger partial charge is 0.486 e. The Morgan fingerprint density at radius 2 is 1.71 bits per heavy atom. The molecule has 1 aliphatic heterocycles. The Balaban J connectivity index is 1.54. The van der Waals surface area contributed by atoms with Crippen LogP contribution in [0.2, 0.25) is 5.02 Å². The molecule has 9 heteroatoms. The molecule has 1 fully saturated rings. The summed E-state index contributed by atoms with van der Waals surface area (Å²) < 4.78 is 45.3. The third-order valence-corrected chi connectivity index (χ3v) is 8.41. The van der Waals surface area contributed by atoms with Crippen molar-refractivity contribution < 1.29 is 27.4 Å². The second kappa shape index (κ2) is 11.0. The van der Waals surface area contributed by atoms with E-state index >= 15 is 0 Å². The molecule has 34 heavy (non-hydrogen) atoms. The molecule has 0 aromatic heterocycles. The number of sulfonamides is 1. The lowest BCUT2D eigenvalue weighted by Crippen LogP contribution is -2.37. The molecule has 2 aromatic carbocycles. The molecule has 7 nitrogen and oxygen atoms in total. The first-order valence-corrected chi connectivity index (χ1v) is 13.5. The van der Waals surface area contributed by atoms with Gasteiger partial charge in [-0.3, -0.25) is 4.79 Å². The zero-order chi connectivity index (χ0) is 24.1. The molecule has 0 radical (unpaired) electrons. The maximum atomic E-state index is 13.8. The first kappa shape index (κ1) is 24.8. The van der Waals surface area contributed by atoms with Gasteiger partial charge in [0.15, 0.2) is 11.5 Å². The fourth-order valence-electron chi connectivity index (χ4n) is 4.50. The van der Waals surface area contributed by atoms with Crippen LogP contribution in [0.25, 0.3) is 0 Å². The summed E-state index contributed by atoms with van der Waals surface area (Å²) in [7, 11) is -3.81. The minimum atomic E-state index is -3.81. The van der Waals surface area contributed by atoms with Gasteiger partial charge in [0.1, 0.15) is 13.2 Å². The van der Waals surface area contributed by atoms with E-state index in [-0.39, 0.29) is 29.2 Å². The van der Waals surface area contributed by atoms with Gasteiger partial charge in [-0.15, -0.1) is 0 Å². The van der Waals surface area contributed by atoms with Gasteiger partial charge >= 0.3 is 5.97 Å². The number of hydrogen-bond acceptors (Lipinski definition) is 6. The summed E-state index contributed by atoms with van der Waals surface area (Å²) in [5.74, 6) is 0.892. The Labute approximate surface area is 206 Å². The van der Waals surface area contributed by atoms with Crippen LogP contribution >= 0.6 is 11.6 Å². The molecule has 1 saturated carbocycles. The number of benzene rings is 2. The fourth-order valence-corrected chi connectivity index (χ4v) is 6.15. The average Bonchev–Trinajstić information content (AvgIpc) is 2.85. The third-order valence-electron chi connectivity index (χ3n) is 6.35. The molecule has 0 bridgehead atoms. The Hall–Kier alpha value is -2.29. The predicted molar refractivity (Wildman–Crippen MR) is 129 cm³/mol. The molecule has 0 unspecified atom stereocenters. The van der Waals surface area contributed by atoms with Crippen LogP contribution in [-0.2, 0) is 26.1 Å². The molecule has 0 atom stereocenters. The summed E-state index contributed by atoms with van der Waals surface area (Å²) >= 11 is 6.02. The van der Waals surface area contributed by atoms with Gasteiger partial charge < -0.3 is 14.2 Å². The van der Waals surface area contributed by atoms with Crippen LogP contribution in [0.1, 0.15) is 38.2 Å². The summed E-state index contributed by atoms with van der Waals surface area (Å²) in [6.45, 7) is 3.61. The Morgan fingerprint density at radius 3 is 2.38 bits per heavy atom. The summed E-state index contributed by atoms with van der Waals surface area (Å²) in [6.07, 6.45) is 2.97. The SMILES string of the molecule is CCOC(=O)C1CCC(CN(Cc2ccc(Cl)cc2)S(=O)(=O)c2ccc3c(c2)OCCO3)CC1. The highest BCUT2D eigenvalue weighted by atomic mass is 35.5. The van der Waals surface area contributed by atoms with E-state index in [1.54, 1.807) is 31.2 Å². The number of fused-ring (bicyclic) bond motifs is 1. The summed E-state index contributed by atoms with van der Waals surface area (Å²) in [4.78, 5) is 12.3. The average molecular weight is 508 g/mol. The van der Waals surface area contributed by atoms with Crippen LogP contribution in [-0.4, -0.2) is 45.1 Å². The van der Waals surface area contributed by atoms with E-state index in [2.05, 4.69) is 0 Å². The summed E-state index contributed by atoms with van der Waals surface area (Å²) in [6, 6.07) is 11.9. The van der Waals surface area contributed by atoms with Crippen molar-refractivity contribution >= 4 is 27.6 Å². The number of rotatable bonds is 8. The summed E-state index contributed by atoms with van der Waals surface area (Å²) in [5, 5.41) is 0.599. The first-order valence-electron chi connectivity index (χ1n) is 11.7. The Bertz CT molecular complexity index is 1100. The van der Waals surface area contributed by atoms with E-state index in [0.29, 0.717) is 55.7 Å². The monoisotopic (exact) mass is 507 g/mol. The molecule has 184 valence electrons. The molecule has 0 N–H and O–H groups in total. The van der Waals surface area contributed by atoms with E-state index in [4.69, 9.17) is 25.8 Å². The number of carbonyl (C=O) groups excluding carboxylic acids is 1. The quantitative estimate of drug-likeness (QED) is 0.483. The summed E-state index contributed by atoms with van der Waals surface area (Å²) in [5.41, 5.74) is 0.853. The lowest BCUT2D eigenvalue weighted by Gasteiger charge is -2.32.